The van der Waals surface area contributed by atoms with Gasteiger partial charge in [-0.1, -0.05) is 32.6 Å². The first-order valence-corrected chi connectivity index (χ1v) is 9.84. The third-order valence-electron chi connectivity index (χ3n) is 4.68. The van der Waals surface area contributed by atoms with Gasteiger partial charge in [0.15, 0.2) is 9.84 Å². The SMILES string of the molecule is CCCN(C(=O)CCC1CCCC1)C1CCS(=O)(=O)C1. The van der Waals surface area contributed by atoms with Gasteiger partial charge in [0.25, 0.3) is 0 Å². The largest absolute Gasteiger partial charge is 0.339 e. The van der Waals surface area contributed by atoms with E-state index in [9.17, 15) is 13.2 Å². The van der Waals surface area contributed by atoms with Crippen LogP contribution in [0.5, 0.6) is 0 Å². The van der Waals surface area contributed by atoms with Crippen molar-refractivity contribution in [3.63, 3.8) is 0 Å². The molecule has 0 bridgehead atoms. The lowest BCUT2D eigenvalue weighted by molar-refractivity contribution is -0.133. The summed E-state index contributed by atoms with van der Waals surface area (Å²) >= 11 is 0. The summed E-state index contributed by atoms with van der Waals surface area (Å²) in [7, 11) is -2.92. The summed E-state index contributed by atoms with van der Waals surface area (Å²) in [5, 5.41) is 0. The van der Waals surface area contributed by atoms with Gasteiger partial charge in [-0.3, -0.25) is 4.79 Å². The number of amides is 1. The van der Waals surface area contributed by atoms with E-state index >= 15 is 0 Å². The van der Waals surface area contributed by atoms with E-state index in [0.717, 1.165) is 18.8 Å². The maximum Gasteiger partial charge on any atom is 0.222 e. The van der Waals surface area contributed by atoms with Crippen molar-refractivity contribution in [2.45, 2.75) is 64.3 Å². The molecule has 1 saturated heterocycles. The van der Waals surface area contributed by atoms with Gasteiger partial charge in [-0.05, 0) is 25.2 Å². The van der Waals surface area contributed by atoms with E-state index < -0.39 is 9.84 Å². The van der Waals surface area contributed by atoms with Gasteiger partial charge in [-0.25, -0.2) is 8.42 Å². The summed E-state index contributed by atoms with van der Waals surface area (Å²) in [6.45, 7) is 2.74. The van der Waals surface area contributed by atoms with Gasteiger partial charge in [-0.2, -0.15) is 0 Å². The van der Waals surface area contributed by atoms with Crippen LogP contribution in [-0.4, -0.2) is 43.3 Å². The van der Waals surface area contributed by atoms with Crippen molar-refractivity contribution in [3.8, 4) is 0 Å². The Morgan fingerprint density at radius 1 is 1.20 bits per heavy atom. The van der Waals surface area contributed by atoms with Crippen LogP contribution in [0.1, 0.15) is 58.3 Å². The zero-order valence-corrected chi connectivity index (χ0v) is 13.3. The van der Waals surface area contributed by atoms with Crippen molar-refractivity contribution >= 4 is 15.7 Å². The van der Waals surface area contributed by atoms with Crippen molar-refractivity contribution < 1.29 is 13.2 Å². The predicted octanol–water partition coefficient (Wildman–Crippen LogP) is 2.38. The maximum absolute atomic E-state index is 12.4. The molecule has 0 spiro atoms. The van der Waals surface area contributed by atoms with Gasteiger partial charge in [0, 0.05) is 19.0 Å². The second kappa shape index (κ2) is 6.92. The molecule has 5 heteroatoms. The summed E-state index contributed by atoms with van der Waals surface area (Å²) in [5.74, 6) is 1.30. The Bertz CT molecular complexity index is 426. The highest BCUT2D eigenvalue weighted by Crippen LogP contribution is 2.29. The Hall–Kier alpha value is -0.580. The Morgan fingerprint density at radius 2 is 1.90 bits per heavy atom. The Balaban J connectivity index is 1.88. The zero-order chi connectivity index (χ0) is 14.6. The van der Waals surface area contributed by atoms with Gasteiger partial charge in [0.2, 0.25) is 5.91 Å². The molecular formula is C15H27NO3S. The molecule has 1 heterocycles. The number of carbonyl (C=O) groups excluding carboxylic acids is 1. The molecular weight excluding hydrogens is 274 g/mol. The van der Waals surface area contributed by atoms with Crippen LogP contribution >= 0.6 is 0 Å². The van der Waals surface area contributed by atoms with Gasteiger partial charge < -0.3 is 4.90 Å². The molecule has 2 rings (SSSR count). The quantitative estimate of drug-likeness (QED) is 0.757. The fourth-order valence-corrected chi connectivity index (χ4v) is 5.27. The third-order valence-corrected chi connectivity index (χ3v) is 6.43. The topological polar surface area (TPSA) is 54.5 Å². The van der Waals surface area contributed by atoms with Gasteiger partial charge in [0.1, 0.15) is 0 Å². The van der Waals surface area contributed by atoms with Crippen molar-refractivity contribution in [2.75, 3.05) is 18.1 Å². The van der Waals surface area contributed by atoms with E-state index in [-0.39, 0.29) is 23.5 Å². The fourth-order valence-electron chi connectivity index (χ4n) is 3.54. The number of hydrogen-bond acceptors (Lipinski definition) is 3. The van der Waals surface area contributed by atoms with Crippen molar-refractivity contribution in [1.29, 1.82) is 0 Å². The molecule has 0 aromatic heterocycles. The third kappa shape index (κ3) is 4.21. The number of hydrogen-bond donors (Lipinski definition) is 0. The summed E-state index contributed by atoms with van der Waals surface area (Å²) in [4.78, 5) is 14.3. The molecule has 4 nitrogen and oxygen atoms in total. The summed E-state index contributed by atoms with van der Waals surface area (Å²) in [5.41, 5.74) is 0. The second-order valence-corrected chi connectivity index (χ2v) is 8.56. The van der Waals surface area contributed by atoms with Crippen molar-refractivity contribution in [3.05, 3.63) is 0 Å². The number of nitrogens with zero attached hydrogens (tertiary/aromatic N) is 1. The Labute approximate surface area is 122 Å². The highest BCUT2D eigenvalue weighted by Gasteiger charge is 2.34. The second-order valence-electron chi connectivity index (χ2n) is 6.33. The average Bonchev–Trinajstić information content (AvgIpc) is 3.02. The molecule has 1 saturated carbocycles. The van der Waals surface area contributed by atoms with E-state index in [0.29, 0.717) is 19.4 Å². The first kappa shape index (κ1) is 15.8. The highest BCUT2D eigenvalue weighted by molar-refractivity contribution is 7.91. The standard InChI is InChI=1S/C15H27NO3S/c1-2-10-16(14-9-11-20(18,19)12-14)15(17)8-7-13-5-3-4-6-13/h13-14H,2-12H2,1H3. The van der Waals surface area contributed by atoms with Gasteiger partial charge in [0.05, 0.1) is 11.5 Å². The Morgan fingerprint density at radius 3 is 2.45 bits per heavy atom. The smallest absolute Gasteiger partial charge is 0.222 e. The fraction of sp³-hybridized carbons (Fsp3) is 0.933. The summed E-state index contributed by atoms with van der Waals surface area (Å²) in [6, 6.07) is -0.0731. The van der Waals surface area contributed by atoms with Crippen LogP contribution in [0.3, 0.4) is 0 Å². The van der Waals surface area contributed by atoms with Crippen LogP contribution in [0.2, 0.25) is 0 Å². The minimum absolute atomic E-state index is 0.0731. The minimum Gasteiger partial charge on any atom is -0.339 e. The van der Waals surface area contributed by atoms with E-state index in [1.54, 1.807) is 0 Å². The predicted molar refractivity (Wildman–Crippen MR) is 80.3 cm³/mol. The summed E-state index contributed by atoms with van der Waals surface area (Å²) < 4.78 is 23.2. The molecule has 1 unspecified atom stereocenters. The zero-order valence-electron chi connectivity index (χ0n) is 12.5. The lowest BCUT2D eigenvalue weighted by Crippen LogP contribution is -2.41. The number of sulfone groups is 1. The van der Waals surface area contributed by atoms with Crippen LogP contribution in [0.15, 0.2) is 0 Å². The molecule has 20 heavy (non-hydrogen) atoms. The normalized spacial score (nSPS) is 25.9. The van der Waals surface area contributed by atoms with Gasteiger partial charge in [-0.15, -0.1) is 0 Å². The monoisotopic (exact) mass is 301 g/mol. The van der Waals surface area contributed by atoms with Crippen LogP contribution in [0.4, 0.5) is 0 Å². The molecule has 116 valence electrons. The molecule has 0 aromatic carbocycles. The van der Waals surface area contributed by atoms with Crippen molar-refractivity contribution in [2.24, 2.45) is 5.92 Å². The molecule has 1 amide bonds. The van der Waals surface area contributed by atoms with E-state index in [2.05, 4.69) is 0 Å². The van der Waals surface area contributed by atoms with Crippen LogP contribution in [0, 0.1) is 5.92 Å². The molecule has 2 aliphatic rings. The average molecular weight is 301 g/mol. The molecule has 1 aliphatic heterocycles. The van der Waals surface area contributed by atoms with E-state index in [1.165, 1.54) is 25.7 Å². The van der Waals surface area contributed by atoms with Crippen LogP contribution < -0.4 is 0 Å². The number of rotatable bonds is 6. The Kier molecular flexibility index (Phi) is 5.47. The van der Waals surface area contributed by atoms with E-state index in [1.807, 2.05) is 11.8 Å². The molecule has 0 N–H and O–H groups in total. The van der Waals surface area contributed by atoms with Gasteiger partial charge >= 0.3 is 0 Å². The van der Waals surface area contributed by atoms with Crippen LogP contribution in [-0.2, 0) is 14.6 Å². The molecule has 0 radical (unpaired) electrons. The van der Waals surface area contributed by atoms with E-state index in [4.69, 9.17) is 0 Å². The first-order valence-electron chi connectivity index (χ1n) is 8.01. The minimum atomic E-state index is -2.92. The number of carbonyl (C=O) groups is 1. The highest BCUT2D eigenvalue weighted by atomic mass is 32.2. The molecule has 1 atom stereocenters. The maximum atomic E-state index is 12.4. The molecule has 0 aromatic rings. The molecule has 2 fully saturated rings. The lowest BCUT2D eigenvalue weighted by Gasteiger charge is -2.28. The van der Waals surface area contributed by atoms with Crippen molar-refractivity contribution in [1.82, 2.24) is 4.90 Å². The first-order chi connectivity index (χ1) is 9.52. The lowest BCUT2D eigenvalue weighted by atomic mass is 10.0. The summed E-state index contributed by atoms with van der Waals surface area (Å²) in [6.07, 6.45) is 8.23. The van der Waals surface area contributed by atoms with Crippen LogP contribution in [0.25, 0.3) is 0 Å². The molecule has 1 aliphatic carbocycles.